The lowest BCUT2D eigenvalue weighted by atomic mass is 9.83. The number of benzene rings is 2. The molecule has 2 N–H and O–H groups in total. The predicted octanol–water partition coefficient (Wildman–Crippen LogP) is 4.80. The van der Waals surface area contributed by atoms with Gasteiger partial charge in [0.2, 0.25) is 6.17 Å². The summed E-state index contributed by atoms with van der Waals surface area (Å²) in [6, 6.07) is 15.4. The van der Waals surface area contributed by atoms with Crippen molar-refractivity contribution in [1.29, 1.82) is 0 Å². The number of hydrogen-bond donors (Lipinski definition) is 2. The van der Waals surface area contributed by atoms with Crippen LogP contribution < -0.4 is 20.4 Å². The first kappa shape index (κ1) is 25.3. The van der Waals surface area contributed by atoms with Crippen molar-refractivity contribution in [3.05, 3.63) is 54.1 Å². The summed E-state index contributed by atoms with van der Waals surface area (Å²) in [6.45, 7) is 5.79. The Balaban J connectivity index is 1.36. The molecule has 2 aromatic carbocycles. The molecule has 2 aromatic rings. The van der Waals surface area contributed by atoms with Crippen LogP contribution in [-0.2, 0) is 9.53 Å². The number of morpholine rings is 1. The molecule has 0 aromatic heterocycles. The number of rotatable bonds is 6. The normalized spacial score (nSPS) is 20.6. The Kier molecular flexibility index (Phi) is 8.04. The fraction of sp³-hybridized carbons (Fsp3) is 0.483. The molecule has 1 saturated carbocycles. The molecule has 0 bridgehead atoms. The van der Waals surface area contributed by atoms with Gasteiger partial charge in [-0.05, 0) is 49.6 Å². The first-order valence-electron chi connectivity index (χ1n) is 13.6. The molecule has 1 aliphatic carbocycles. The standard InChI is InChI=1S/C29H37N5O3/c1-2-16-34-25-11-7-6-10-24(25)26(21-8-4-3-5-9-21)31-27(28(34)35)32-29(36)30-22-12-14-23(15-13-22)33-17-19-37-20-18-33/h6-7,10-15,21,27H,2-5,8-9,16-20H2,1H3,(H2,30,32,36). The van der Waals surface area contributed by atoms with Gasteiger partial charge in [-0.1, -0.05) is 44.4 Å². The Morgan fingerprint density at radius 2 is 1.76 bits per heavy atom. The van der Waals surface area contributed by atoms with Crippen LogP contribution in [0.4, 0.5) is 21.9 Å². The zero-order chi connectivity index (χ0) is 25.6. The van der Waals surface area contributed by atoms with Crippen LogP contribution >= 0.6 is 0 Å². The van der Waals surface area contributed by atoms with Crippen LogP contribution in [0.2, 0.25) is 0 Å². The highest BCUT2D eigenvalue weighted by atomic mass is 16.5. The summed E-state index contributed by atoms with van der Waals surface area (Å²) >= 11 is 0. The van der Waals surface area contributed by atoms with Crippen molar-refractivity contribution in [3.8, 4) is 0 Å². The summed E-state index contributed by atoms with van der Waals surface area (Å²) in [6.07, 6.45) is 5.53. The maximum atomic E-state index is 13.7. The lowest BCUT2D eigenvalue weighted by Gasteiger charge is -2.29. The lowest BCUT2D eigenvalue weighted by molar-refractivity contribution is -0.120. The third-order valence-electron chi connectivity index (χ3n) is 7.45. The van der Waals surface area contributed by atoms with E-state index in [1.54, 1.807) is 4.90 Å². The van der Waals surface area contributed by atoms with Crippen LogP contribution in [0.15, 0.2) is 53.5 Å². The number of urea groups is 1. The minimum Gasteiger partial charge on any atom is -0.378 e. The summed E-state index contributed by atoms with van der Waals surface area (Å²) in [4.78, 5) is 35.7. The molecular formula is C29H37N5O3. The van der Waals surface area contributed by atoms with Crippen molar-refractivity contribution < 1.29 is 14.3 Å². The molecule has 3 aliphatic rings. The van der Waals surface area contributed by atoms with Crippen LogP contribution in [0, 0.1) is 5.92 Å². The van der Waals surface area contributed by atoms with Gasteiger partial charge in [0.1, 0.15) is 0 Å². The van der Waals surface area contributed by atoms with Crippen molar-refractivity contribution in [2.45, 2.75) is 51.6 Å². The Morgan fingerprint density at radius 3 is 2.49 bits per heavy atom. The van der Waals surface area contributed by atoms with Gasteiger partial charge in [-0.2, -0.15) is 0 Å². The summed E-state index contributed by atoms with van der Waals surface area (Å²) < 4.78 is 5.43. The van der Waals surface area contributed by atoms with Gasteiger partial charge in [0.05, 0.1) is 24.6 Å². The number of amides is 3. The maximum Gasteiger partial charge on any atom is 0.321 e. The van der Waals surface area contributed by atoms with E-state index in [4.69, 9.17) is 9.73 Å². The largest absolute Gasteiger partial charge is 0.378 e. The number of benzodiazepines with no additional fused rings is 1. The monoisotopic (exact) mass is 503 g/mol. The number of carbonyl (C=O) groups is 2. The van der Waals surface area contributed by atoms with Gasteiger partial charge in [-0.15, -0.1) is 0 Å². The van der Waals surface area contributed by atoms with Gasteiger partial charge < -0.3 is 25.2 Å². The number of nitrogens with zero attached hydrogens (tertiary/aromatic N) is 3. The average molecular weight is 504 g/mol. The topological polar surface area (TPSA) is 86.3 Å². The molecule has 0 radical (unpaired) electrons. The molecule has 196 valence electrons. The van der Waals surface area contributed by atoms with Gasteiger partial charge in [0.15, 0.2) is 0 Å². The Labute approximate surface area is 219 Å². The van der Waals surface area contributed by atoms with Crippen molar-refractivity contribution in [2.24, 2.45) is 10.9 Å². The molecule has 1 atom stereocenters. The van der Waals surface area contributed by atoms with Crippen molar-refractivity contribution in [3.63, 3.8) is 0 Å². The molecule has 0 spiro atoms. The fourth-order valence-corrected chi connectivity index (χ4v) is 5.57. The quantitative estimate of drug-likeness (QED) is 0.593. The first-order chi connectivity index (χ1) is 18.1. The zero-order valence-corrected chi connectivity index (χ0v) is 21.6. The highest BCUT2D eigenvalue weighted by Gasteiger charge is 2.34. The summed E-state index contributed by atoms with van der Waals surface area (Å²) in [5.41, 5.74) is 4.62. The SMILES string of the molecule is CCCN1C(=O)C(NC(=O)Nc2ccc(N3CCOCC3)cc2)N=C(C2CCCCC2)c2ccccc21. The number of ether oxygens (including phenoxy) is 1. The molecular weight excluding hydrogens is 466 g/mol. The average Bonchev–Trinajstić information content (AvgIpc) is 3.05. The molecule has 1 unspecified atom stereocenters. The van der Waals surface area contributed by atoms with Crippen LogP contribution in [0.1, 0.15) is 51.0 Å². The van der Waals surface area contributed by atoms with E-state index in [2.05, 4.69) is 28.5 Å². The summed E-state index contributed by atoms with van der Waals surface area (Å²) in [5.74, 6) is 0.0993. The van der Waals surface area contributed by atoms with E-state index >= 15 is 0 Å². The van der Waals surface area contributed by atoms with E-state index in [1.807, 2.05) is 42.5 Å². The number of aliphatic imine (C=N–C) groups is 1. The van der Waals surface area contributed by atoms with Crippen molar-refractivity contribution >= 4 is 34.7 Å². The minimum atomic E-state index is -0.969. The van der Waals surface area contributed by atoms with E-state index in [1.165, 1.54) is 6.42 Å². The Bertz CT molecular complexity index is 1120. The number of hydrogen-bond acceptors (Lipinski definition) is 5. The summed E-state index contributed by atoms with van der Waals surface area (Å²) in [7, 11) is 0. The maximum absolute atomic E-state index is 13.7. The van der Waals surface area contributed by atoms with Crippen molar-refractivity contribution in [1.82, 2.24) is 5.32 Å². The third kappa shape index (κ3) is 5.80. The number of para-hydroxylation sites is 1. The summed E-state index contributed by atoms with van der Waals surface area (Å²) in [5, 5.41) is 5.76. The van der Waals surface area contributed by atoms with Gasteiger partial charge >= 0.3 is 6.03 Å². The molecule has 1 saturated heterocycles. The minimum absolute atomic E-state index is 0.196. The zero-order valence-electron chi connectivity index (χ0n) is 21.6. The lowest BCUT2D eigenvalue weighted by Crippen LogP contribution is -2.48. The van der Waals surface area contributed by atoms with Crippen LogP contribution in [0.5, 0.6) is 0 Å². The molecule has 8 heteroatoms. The van der Waals surface area contributed by atoms with Gasteiger partial charge in [-0.25, -0.2) is 4.79 Å². The number of carbonyl (C=O) groups excluding carboxylic acids is 2. The molecule has 5 rings (SSSR count). The van der Waals surface area contributed by atoms with E-state index < -0.39 is 12.2 Å². The van der Waals surface area contributed by atoms with E-state index in [9.17, 15) is 9.59 Å². The Morgan fingerprint density at radius 1 is 1.03 bits per heavy atom. The van der Waals surface area contributed by atoms with E-state index in [0.717, 1.165) is 81.1 Å². The van der Waals surface area contributed by atoms with E-state index in [-0.39, 0.29) is 5.91 Å². The number of anilines is 3. The fourth-order valence-electron chi connectivity index (χ4n) is 5.57. The van der Waals surface area contributed by atoms with Crippen LogP contribution in [0.3, 0.4) is 0 Å². The van der Waals surface area contributed by atoms with Crippen molar-refractivity contribution in [2.75, 3.05) is 48.0 Å². The third-order valence-corrected chi connectivity index (χ3v) is 7.45. The predicted molar refractivity (Wildman–Crippen MR) is 148 cm³/mol. The molecule has 2 heterocycles. The second kappa shape index (κ2) is 11.8. The van der Waals surface area contributed by atoms with Crippen LogP contribution in [0.25, 0.3) is 0 Å². The molecule has 37 heavy (non-hydrogen) atoms. The smallest absolute Gasteiger partial charge is 0.321 e. The van der Waals surface area contributed by atoms with Gasteiger partial charge in [0.25, 0.3) is 5.91 Å². The Hall–Kier alpha value is -3.39. The van der Waals surface area contributed by atoms with Gasteiger partial charge in [-0.3, -0.25) is 9.79 Å². The van der Waals surface area contributed by atoms with E-state index in [0.29, 0.717) is 18.2 Å². The second-order valence-corrected chi connectivity index (χ2v) is 10.0. The molecule has 2 fully saturated rings. The van der Waals surface area contributed by atoms with Crippen LogP contribution in [-0.4, -0.2) is 56.7 Å². The number of nitrogens with one attached hydrogen (secondary N) is 2. The molecule has 3 amide bonds. The highest BCUT2D eigenvalue weighted by molar-refractivity contribution is 6.14. The second-order valence-electron chi connectivity index (χ2n) is 10.0. The highest BCUT2D eigenvalue weighted by Crippen LogP contribution is 2.34. The first-order valence-corrected chi connectivity index (χ1v) is 13.6. The number of fused-ring (bicyclic) bond motifs is 1. The molecule has 8 nitrogen and oxygen atoms in total. The van der Waals surface area contributed by atoms with Gasteiger partial charge in [0, 0.05) is 42.5 Å². The molecule has 2 aliphatic heterocycles.